The van der Waals surface area contributed by atoms with Gasteiger partial charge in [-0.25, -0.2) is 9.37 Å². The third-order valence-corrected chi connectivity index (χ3v) is 5.22. The monoisotopic (exact) mass is 414 g/mol. The number of nitrogens with zero attached hydrogens (tertiary/aromatic N) is 3. The fraction of sp³-hybridized carbons (Fsp3) is 0.0526. The number of hydrogen-bond acceptors (Lipinski definition) is 5. The average molecular weight is 415 g/mol. The molecule has 4 aromatic rings. The summed E-state index contributed by atoms with van der Waals surface area (Å²) in [5.41, 5.74) is 0.603. The number of hydrogen-bond donors (Lipinski definition) is 1. The maximum absolute atomic E-state index is 13.7. The number of benzene rings is 2. The van der Waals surface area contributed by atoms with Gasteiger partial charge in [-0.1, -0.05) is 53.3 Å². The van der Waals surface area contributed by atoms with Gasteiger partial charge in [0, 0.05) is 11.6 Å². The zero-order valence-corrected chi connectivity index (χ0v) is 15.8. The van der Waals surface area contributed by atoms with Gasteiger partial charge in [-0.3, -0.25) is 9.59 Å². The second-order valence-electron chi connectivity index (χ2n) is 5.83. The van der Waals surface area contributed by atoms with Gasteiger partial charge in [0.25, 0.3) is 11.5 Å². The topological polar surface area (TPSA) is 76.4 Å². The van der Waals surface area contributed by atoms with Crippen LogP contribution in [0.4, 0.5) is 4.39 Å². The Labute approximate surface area is 167 Å². The molecular weight excluding hydrogens is 403 g/mol. The molecule has 140 valence electrons. The Hall–Kier alpha value is -3.10. The highest BCUT2D eigenvalue weighted by atomic mass is 35.5. The molecule has 2 aromatic heterocycles. The van der Waals surface area contributed by atoms with Crippen LogP contribution in [-0.2, 0) is 6.54 Å². The lowest BCUT2D eigenvalue weighted by Crippen LogP contribution is -2.26. The van der Waals surface area contributed by atoms with Crippen molar-refractivity contribution in [1.29, 1.82) is 0 Å². The summed E-state index contributed by atoms with van der Waals surface area (Å²) in [6.07, 6.45) is 0. The number of carbonyl (C=O) groups excluding carboxylic acids is 1. The van der Waals surface area contributed by atoms with Gasteiger partial charge in [-0.2, -0.15) is 9.61 Å². The highest BCUT2D eigenvalue weighted by molar-refractivity contribution is 7.19. The van der Waals surface area contributed by atoms with E-state index in [4.69, 9.17) is 11.6 Å². The van der Waals surface area contributed by atoms with Crippen LogP contribution in [0, 0.1) is 5.82 Å². The van der Waals surface area contributed by atoms with E-state index in [9.17, 15) is 14.0 Å². The number of rotatable bonds is 4. The molecule has 0 aliphatic carbocycles. The van der Waals surface area contributed by atoms with Crippen molar-refractivity contribution in [1.82, 2.24) is 19.9 Å². The van der Waals surface area contributed by atoms with Crippen molar-refractivity contribution in [3.8, 4) is 10.6 Å². The van der Waals surface area contributed by atoms with Crippen molar-refractivity contribution in [2.24, 2.45) is 0 Å². The van der Waals surface area contributed by atoms with Gasteiger partial charge in [0.1, 0.15) is 10.8 Å². The molecule has 9 heteroatoms. The molecule has 2 heterocycles. The number of fused-ring (bicyclic) bond motifs is 1. The lowest BCUT2D eigenvalue weighted by molar-refractivity contribution is 0.0946. The van der Waals surface area contributed by atoms with Gasteiger partial charge in [-0.15, -0.1) is 0 Å². The molecule has 0 saturated heterocycles. The number of aromatic nitrogens is 3. The Morgan fingerprint density at radius 1 is 1.18 bits per heavy atom. The molecule has 28 heavy (non-hydrogen) atoms. The molecule has 0 saturated carbocycles. The lowest BCUT2D eigenvalue weighted by Gasteiger charge is -2.05. The standard InChI is InChI=1S/C19H12ClFN4O2S/c20-14-7-3-1-5-12(14)18-24-25-16(26)9-11(23-19(25)28-18)10-22-17(27)13-6-2-4-8-15(13)21/h1-9H,10H2,(H,22,27). The highest BCUT2D eigenvalue weighted by Crippen LogP contribution is 2.30. The van der Waals surface area contributed by atoms with Crippen LogP contribution in [0.5, 0.6) is 0 Å². The van der Waals surface area contributed by atoms with Crippen LogP contribution in [0.1, 0.15) is 16.1 Å². The van der Waals surface area contributed by atoms with Gasteiger partial charge < -0.3 is 5.32 Å². The first-order valence-electron chi connectivity index (χ1n) is 8.20. The zero-order valence-electron chi connectivity index (χ0n) is 14.2. The van der Waals surface area contributed by atoms with Crippen molar-refractivity contribution < 1.29 is 9.18 Å². The molecule has 0 spiro atoms. The maximum atomic E-state index is 13.7. The highest BCUT2D eigenvalue weighted by Gasteiger charge is 2.14. The Bertz CT molecular complexity index is 1250. The Morgan fingerprint density at radius 2 is 1.93 bits per heavy atom. The minimum absolute atomic E-state index is 0.0156. The minimum atomic E-state index is -0.615. The quantitative estimate of drug-likeness (QED) is 0.554. The molecular formula is C19H12ClFN4O2S. The summed E-state index contributed by atoms with van der Waals surface area (Å²) < 4.78 is 14.9. The summed E-state index contributed by atoms with van der Waals surface area (Å²) in [6, 6.07) is 14.1. The van der Waals surface area contributed by atoms with Crippen LogP contribution < -0.4 is 10.9 Å². The normalized spacial score (nSPS) is 10.9. The van der Waals surface area contributed by atoms with Crippen LogP contribution in [-0.4, -0.2) is 20.5 Å². The molecule has 4 rings (SSSR count). The Morgan fingerprint density at radius 3 is 2.71 bits per heavy atom. The minimum Gasteiger partial charge on any atom is -0.346 e. The van der Waals surface area contributed by atoms with Gasteiger partial charge >= 0.3 is 0 Å². The lowest BCUT2D eigenvalue weighted by atomic mass is 10.2. The Balaban J connectivity index is 1.61. The predicted molar refractivity (Wildman–Crippen MR) is 105 cm³/mol. The van der Waals surface area contributed by atoms with Crippen LogP contribution in [0.25, 0.3) is 15.5 Å². The molecule has 0 unspecified atom stereocenters. The predicted octanol–water partition coefficient (Wildman–Crippen LogP) is 3.54. The molecule has 1 amide bonds. The molecule has 0 aliphatic rings. The van der Waals surface area contributed by atoms with Crippen molar-refractivity contribution in [2.45, 2.75) is 6.54 Å². The maximum Gasteiger partial charge on any atom is 0.275 e. The Kier molecular flexibility index (Phi) is 4.89. The van der Waals surface area contributed by atoms with Crippen molar-refractivity contribution in [3.05, 3.63) is 87.0 Å². The zero-order chi connectivity index (χ0) is 19.7. The molecule has 0 atom stereocenters. The van der Waals surface area contributed by atoms with E-state index < -0.39 is 11.7 Å². The van der Waals surface area contributed by atoms with Gasteiger partial charge in [-0.05, 0) is 18.2 Å². The second-order valence-corrected chi connectivity index (χ2v) is 7.19. The molecule has 6 nitrogen and oxygen atoms in total. The summed E-state index contributed by atoms with van der Waals surface area (Å²) in [7, 11) is 0. The van der Waals surface area contributed by atoms with E-state index in [1.807, 2.05) is 6.07 Å². The fourth-order valence-corrected chi connectivity index (χ4v) is 3.85. The molecule has 0 radical (unpaired) electrons. The van der Waals surface area contributed by atoms with Crippen molar-refractivity contribution >= 4 is 33.8 Å². The molecule has 2 aromatic carbocycles. The fourth-order valence-electron chi connectivity index (χ4n) is 2.60. The first-order chi connectivity index (χ1) is 13.5. The van der Waals surface area contributed by atoms with E-state index in [1.54, 1.807) is 24.3 Å². The van der Waals surface area contributed by atoms with E-state index in [0.29, 0.717) is 26.2 Å². The van der Waals surface area contributed by atoms with Crippen LogP contribution in [0.2, 0.25) is 5.02 Å². The summed E-state index contributed by atoms with van der Waals surface area (Å²) in [5.74, 6) is -1.20. The molecule has 0 bridgehead atoms. The third-order valence-electron chi connectivity index (χ3n) is 3.95. The van der Waals surface area contributed by atoms with E-state index in [1.165, 1.54) is 40.1 Å². The van der Waals surface area contributed by atoms with Crippen LogP contribution in [0.15, 0.2) is 59.4 Å². The average Bonchev–Trinajstić information content (AvgIpc) is 3.11. The molecule has 0 fully saturated rings. The number of carbonyl (C=O) groups is 1. The molecule has 0 aliphatic heterocycles. The smallest absolute Gasteiger partial charge is 0.275 e. The summed E-state index contributed by atoms with van der Waals surface area (Å²) in [4.78, 5) is 29.2. The van der Waals surface area contributed by atoms with E-state index >= 15 is 0 Å². The first-order valence-corrected chi connectivity index (χ1v) is 9.40. The van der Waals surface area contributed by atoms with Crippen LogP contribution >= 0.6 is 22.9 Å². The van der Waals surface area contributed by atoms with Crippen molar-refractivity contribution in [3.63, 3.8) is 0 Å². The first kappa shape index (κ1) is 18.3. The van der Waals surface area contributed by atoms with Gasteiger partial charge in [0.15, 0.2) is 0 Å². The van der Waals surface area contributed by atoms with Crippen LogP contribution in [0.3, 0.4) is 0 Å². The van der Waals surface area contributed by atoms with Gasteiger partial charge in [0.05, 0.1) is 22.8 Å². The van der Waals surface area contributed by atoms with Crippen molar-refractivity contribution in [2.75, 3.05) is 0 Å². The second kappa shape index (κ2) is 7.49. The SMILES string of the molecule is O=C(NCc1cc(=O)n2nc(-c3ccccc3Cl)sc2n1)c1ccccc1F. The number of amides is 1. The van der Waals surface area contributed by atoms with Gasteiger partial charge in [0.2, 0.25) is 4.96 Å². The third kappa shape index (κ3) is 3.51. The summed E-state index contributed by atoms with van der Waals surface area (Å²) in [6.45, 7) is -0.0156. The number of halogens is 2. The van der Waals surface area contributed by atoms with E-state index in [0.717, 1.165) is 0 Å². The number of nitrogens with one attached hydrogen (secondary N) is 1. The van der Waals surface area contributed by atoms with E-state index in [-0.39, 0.29) is 17.7 Å². The molecule has 1 N–H and O–H groups in total. The largest absolute Gasteiger partial charge is 0.346 e. The van der Waals surface area contributed by atoms with E-state index in [2.05, 4.69) is 15.4 Å². The summed E-state index contributed by atoms with van der Waals surface area (Å²) >= 11 is 7.40. The summed E-state index contributed by atoms with van der Waals surface area (Å²) in [5, 5.41) is 7.93.